The van der Waals surface area contributed by atoms with Crippen LogP contribution in [0.1, 0.15) is 33.6 Å². The van der Waals surface area contributed by atoms with E-state index in [1.807, 2.05) is 11.8 Å². The molecule has 4 heteroatoms. The number of rotatable bonds is 5. The Hall–Kier alpha value is -1.55. The Balaban J connectivity index is 1.75. The van der Waals surface area contributed by atoms with Gasteiger partial charge in [0.15, 0.2) is 0 Å². The summed E-state index contributed by atoms with van der Waals surface area (Å²) < 4.78 is 0. The summed E-state index contributed by atoms with van der Waals surface area (Å²) in [5.41, 5.74) is 2.40. The van der Waals surface area contributed by atoms with Crippen molar-refractivity contribution in [3.63, 3.8) is 0 Å². The Bertz CT molecular complexity index is 493. The van der Waals surface area contributed by atoms with E-state index in [1.54, 1.807) is 6.92 Å². The molecule has 134 valence electrons. The monoisotopic (exact) mass is 331 g/mol. The van der Waals surface area contributed by atoms with E-state index in [1.165, 1.54) is 25.1 Å². The highest BCUT2D eigenvalue weighted by molar-refractivity contribution is 5.73. The molecule has 1 amide bonds. The number of amides is 1. The lowest BCUT2D eigenvalue weighted by Crippen LogP contribution is -2.50. The van der Waals surface area contributed by atoms with Crippen LogP contribution < -0.4 is 0 Å². The number of hydrogen-bond donors (Lipinski definition) is 0. The van der Waals surface area contributed by atoms with Crippen molar-refractivity contribution in [2.24, 2.45) is 5.92 Å². The van der Waals surface area contributed by atoms with Gasteiger partial charge in [0.2, 0.25) is 5.91 Å². The van der Waals surface area contributed by atoms with Crippen molar-refractivity contribution in [1.82, 2.24) is 14.7 Å². The Kier molecular flexibility index (Phi) is 7.10. The topological polar surface area (TPSA) is 26.8 Å². The first-order chi connectivity index (χ1) is 11.5. The number of piperazine rings is 1. The second kappa shape index (κ2) is 9.07. The van der Waals surface area contributed by atoms with Crippen molar-refractivity contribution in [2.45, 2.75) is 33.6 Å². The standard InChI is InChI=1S/C20H33N3O/c1-5-20(7-6-17(2)3)23-10-8-19(9-11-23)16-21-12-14-22(15-13-21)18(4)24/h5-7,19H,2,8-16H2,1,3-4H3/b7-6-,20-5+. The maximum absolute atomic E-state index is 11.4. The van der Waals surface area contributed by atoms with Gasteiger partial charge in [-0.1, -0.05) is 24.3 Å². The van der Waals surface area contributed by atoms with Crippen molar-refractivity contribution in [3.05, 3.63) is 36.1 Å². The summed E-state index contributed by atoms with van der Waals surface area (Å²) in [7, 11) is 0. The summed E-state index contributed by atoms with van der Waals surface area (Å²) in [5.74, 6) is 0.998. The fourth-order valence-corrected chi connectivity index (χ4v) is 3.60. The van der Waals surface area contributed by atoms with E-state index >= 15 is 0 Å². The first-order valence-corrected chi connectivity index (χ1v) is 9.22. The quantitative estimate of drug-likeness (QED) is 0.725. The first-order valence-electron chi connectivity index (χ1n) is 9.22. The van der Waals surface area contributed by atoms with Crippen LogP contribution in [0.25, 0.3) is 0 Å². The van der Waals surface area contributed by atoms with Crippen LogP contribution in [0.4, 0.5) is 0 Å². The highest BCUT2D eigenvalue weighted by atomic mass is 16.2. The zero-order valence-corrected chi connectivity index (χ0v) is 15.6. The van der Waals surface area contributed by atoms with Gasteiger partial charge >= 0.3 is 0 Å². The van der Waals surface area contributed by atoms with Gasteiger partial charge in [-0.15, -0.1) is 0 Å². The van der Waals surface area contributed by atoms with Crippen LogP contribution in [0.5, 0.6) is 0 Å². The van der Waals surface area contributed by atoms with E-state index in [4.69, 9.17) is 0 Å². The molecule has 24 heavy (non-hydrogen) atoms. The van der Waals surface area contributed by atoms with E-state index in [2.05, 4.69) is 41.5 Å². The predicted molar refractivity (Wildman–Crippen MR) is 101 cm³/mol. The number of hydrogen-bond acceptors (Lipinski definition) is 3. The van der Waals surface area contributed by atoms with Gasteiger partial charge < -0.3 is 9.80 Å². The molecule has 0 unspecified atom stereocenters. The van der Waals surface area contributed by atoms with E-state index < -0.39 is 0 Å². The van der Waals surface area contributed by atoms with E-state index in [-0.39, 0.29) is 5.91 Å². The minimum atomic E-state index is 0.213. The molecule has 2 aliphatic heterocycles. The smallest absolute Gasteiger partial charge is 0.219 e. The minimum Gasteiger partial charge on any atom is -0.372 e. The van der Waals surface area contributed by atoms with Gasteiger partial charge in [-0.25, -0.2) is 0 Å². The molecule has 0 spiro atoms. The summed E-state index contributed by atoms with van der Waals surface area (Å²) in [4.78, 5) is 18.4. The molecule has 0 saturated carbocycles. The molecule has 0 radical (unpaired) electrons. The zero-order chi connectivity index (χ0) is 17.5. The van der Waals surface area contributed by atoms with Crippen molar-refractivity contribution in [3.8, 4) is 0 Å². The van der Waals surface area contributed by atoms with Crippen molar-refractivity contribution < 1.29 is 4.79 Å². The van der Waals surface area contributed by atoms with Gasteiger partial charge in [0.05, 0.1) is 0 Å². The van der Waals surface area contributed by atoms with E-state index in [0.717, 1.165) is 50.8 Å². The van der Waals surface area contributed by atoms with E-state index in [0.29, 0.717) is 0 Å². The van der Waals surface area contributed by atoms with Gasteiger partial charge in [0, 0.05) is 58.4 Å². The number of carbonyl (C=O) groups is 1. The van der Waals surface area contributed by atoms with Crippen LogP contribution in [0.2, 0.25) is 0 Å². The average molecular weight is 332 g/mol. The number of piperidine rings is 1. The normalized spacial score (nSPS) is 21.5. The lowest BCUT2D eigenvalue weighted by Gasteiger charge is -2.39. The van der Waals surface area contributed by atoms with Crippen LogP contribution in [0.3, 0.4) is 0 Å². The van der Waals surface area contributed by atoms with Crippen LogP contribution in [0.15, 0.2) is 36.1 Å². The molecule has 0 aromatic carbocycles. The highest BCUT2D eigenvalue weighted by Crippen LogP contribution is 2.22. The molecule has 0 aromatic rings. The minimum absolute atomic E-state index is 0.213. The van der Waals surface area contributed by atoms with Gasteiger partial charge in [-0.2, -0.15) is 0 Å². The summed E-state index contributed by atoms with van der Waals surface area (Å²) >= 11 is 0. The number of nitrogens with zero attached hydrogens (tertiary/aromatic N) is 3. The molecule has 2 heterocycles. The number of carbonyl (C=O) groups excluding carboxylic acids is 1. The van der Waals surface area contributed by atoms with Crippen LogP contribution in [-0.4, -0.2) is 66.4 Å². The highest BCUT2D eigenvalue weighted by Gasteiger charge is 2.24. The molecule has 2 fully saturated rings. The summed E-state index contributed by atoms with van der Waals surface area (Å²) in [6.45, 7) is 17.1. The molecule has 2 aliphatic rings. The van der Waals surface area contributed by atoms with Gasteiger partial charge in [0.25, 0.3) is 0 Å². The lowest BCUT2D eigenvalue weighted by molar-refractivity contribution is -0.130. The second-order valence-corrected chi connectivity index (χ2v) is 7.13. The average Bonchev–Trinajstić information content (AvgIpc) is 2.57. The Morgan fingerprint density at radius 3 is 2.12 bits per heavy atom. The fourth-order valence-electron chi connectivity index (χ4n) is 3.60. The van der Waals surface area contributed by atoms with Gasteiger partial charge in [-0.3, -0.25) is 9.69 Å². The van der Waals surface area contributed by atoms with Crippen molar-refractivity contribution >= 4 is 5.91 Å². The van der Waals surface area contributed by atoms with Crippen molar-refractivity contribution in [2.75, 3.05) is 45.8 Å². The van der Waals surface area contributed by atoms with Crippen LogP contribution >= 0.6 is 0 Å². The first kappa shape index (κ1) is 18.8. The van der Waals surface area contributed by atoms with E-state index in [9.17, 15) is 4.79 Å². The molecule has 0 N–H and O–H groups in total. The molecule has 0 aliphatic carbocycles. The summed E-state index contributed by atoms with van der Waals surface area (Å²) in [6.07, 6.45) is 8.98. The third kappa shape index (κ3) is 5.52. The third-order valence-corrected chi connectivity index (χ3v) is 5.15. The predicted octanol–water partition coefficient (Wildman–Crippen LogP) is 2.90. The molecular weight excluding hydrogens is 298 g/mol. The largest absolute Gasteiger partial charge is 0.372 e. The Morgan fingerprint density at radius 1 is 1.00 bits per heavy atom. The Morgan fingerprint density at radius 2 is 1.62 bits per heavy atom. The van der Waals surface area contributed by atoms with Gasteiger partial charge in [0.1, 0.15) is 0 Å². The van der Waals surface area contributed by atoms with Gasteiger partial charge in [-0.05, 0) is 38.7 Å². The number of allylic oxidation sites excluding steroid dienone is 4. The molecule has 0 atom stereocenters. The second-order valence-electron chi connectivity index (χ2n) is 7.13. The SMILES string of the molecule is C=C(C)/C=C\C(=C/C)N1CCC(CN2CCN(C(C)=O)CC2)CC1. The maximum atomic E-state index is 11.4. The summed E-state index contributed by atoms with van der Waals surface area (Å²) in [6, 6.07) is 0. The Labute approximate surface area is 147 Å². The maximum Gasteiger partial charge on any atom is 0.219 e. The molecule has 0 bridgehead atoms. The van der Waals surface area contributed by atoms with Crippen LogP contribution in [0, 0.1) is 5.92 Å². The van der Waals surface area contributed by atoms with Crippen LogP contribution in [-0.2, 0) is 4.79 Å². The molecule has 2 rings (SSSR count). The molecular formula is C20H33N3O. The molecule has 4 nitrogen and oxygen atoms in total. The molecule has 2 saturated heterocycles. The van der Waals surface area contributed by atoms with Crippen molar-refractivity contribution in [1.29, 1.82) is 0 Å². The third-order valence-electron chi connectivity index (χ3n) is 5.15. The molecule has 0 aromatic heterocycles. The lowest BCUT2D eigenvalue weighted by atomic mass is 9.95. The zero-order valence-electron chi connectivity index (χ0n) is 15.6. The summed E-state index contributed by atoms with van der Waals surface area (Å²) in [5, 5.41) is 0. The number of likely N-dealkylation sites (tertiary alicyclic amines) is 1. The fraction of sp³-hybridized carbons (Fsp3) is 0.650.